The number of aromatic nitrogens is 2. The normalized spacial score (nSPS) is 16.2. The summed E-state index contributed by atoms with van der Waals surface area (Å²) in [5.74, 6) is -0.754. The molecule has 1 unspecified atom stereocenters. The van der Waals surface area contributed by atoms with E-state index in [9.17, 15) is 14.4 Å². The van der Waals surface area contributed by atoms with E-state index in [1.54, 1.807) is 0 Å². The van der Waals surface area contributed by atoms with E-state index in [-0.39, 0.29) is 30.9 Å². The first-order valence-corrected chi connectivity index (χ1v) is 6.34. The largest absolute Gasteiger partial charge is 0.352 e. The smallest absolute Gasteiger partial charge is 0.325 e. The molecule has 3 N–H and O–H groups in total. The van der Waals surface area contributed by atoms with Gasteiger partial charge in [0.05, 0.1) is 12.2 Å². The summed E-state index contributed by atoms with van der Waals surface area (Å²) in [5.41, 5.74) is 1.81. The molecule has 0 spiro atoms. The van der Waals surface area contributed by atoms with Crippen LogP contribution < -0.4 is 10.6 Å². The van der Waals surface area contributed by atoms with E-state index >= 15 is 0 Å². The Bertz CT molecular complexity index is 523. The Morgan fingerprint density at radius 2 is 2.30 bits per heavy atom. The Kier molecular flexibility index (Phi) is 4.02. The number of H-pyrrole nitrogens is 1. The van der Waals surface area contributed by atoms with Gasteiger partial charge in [0.2, 0.25) is 5.91 Å². The van der Waals surface area contributed by atoms with Crippen LogP contribution in [0.25, 0.3) is 0 Å². The molecule has 4 amide bonds. The van der Waals surface area contributed by atoms with Crippen LogP contribution in [-0.4, -0.2) is 52.1 Å². The van der Waals surface area contributed by atoms with Crippen LogP contribution in [0.15, 0.2) is 6.07 Å². The number of amides is 4. The predicted octanol–water partition coefficient (Wildman–Crippen LogP) is -0.683. The second kappa shape index (κ2) is 5.72. The molecule has 1 aliphatic heterocycles. The highest BCUT2D eigenvalue weighted by Crippen LogP contribution is 2.02. The van der Waals surface area contributed by atoms with Gasteiger partial charge in [0.15, 0.2) is 0 Å². The Morgan fingerprint density at radius 1 is 1.55 bits per heavy atom. The SMILES string of the molecule is Cc1cc(CC(C)NC(=O)CN2C(=O)CNC2=O)n[nH]1. The van der Waals surface area contributed by atoms with Gasteiger partial charge in [0.1, 0.15) is 6.54 Å². The predicted molar refractivity (Wildman–Crippen MR) is 69.7 cm³/mol. The molecule has 0 radical (unpaired) electrons. The number of hydrogen-bond acceptors (Lipinski definition) is 4. The highest BCUT2D eigenvalue weighted by molar-refractivity contribution is 6.04. The van der Waals surface area contributed by atoms with E-state index in [1.807, 2.05) is 19.9 Å². The summed E-state index contributed by atoms with van der Waals surface area (Å²) in [4.78, 5) is 35.3. The average molecular weight is 279 g/mol. The van der Waals surface area contributed by atoms with Crippen LogP contribution in [-0.2, 0) is 16.0 Å². The minimum Gasteiger partial charge on any atom is -0.352 e. The minimum absolute atomic E-state index is 0.0474. The Hall–Kier alpha value is -2.38. The van der Waals surface area contributed by atoms with Crippen molar-refractivity contribution in [3.05, 3.63) is 17.5 Å². The molecule has 20 heavy (non-hydrogen) atoms. The van der Waals surface area contributed by atoms with E-state index in [1.165, 1.54) is 0 Å². The zero-order valence-corrected chi connectivity index (χ0v) is 11.4. The van der Waals surface area contributed by atoms with Crippen LogP contribution in [0.1, 0.15) is 18.3 Å². The molecule has 8 heteroatoms. The number of rotatable bonds is 5. The van der Waals surface area contributed by atoms with Gasteiger partial charge >= 0.3 is 6.03 Å². The number of nitrogens with one attached hydrogen (secondary N) is 3. The van der Waals surface area contributed by atoms with Crippen molar-refractivity contribution in [2.24, 2.45) is 0 Å². The van der Waals surface area contributed by atoms with E-state index in [0.717, 1.165) is 16.3 Å². The summed E-state index contributed by atoms with van der Waals surface area (Å²) in [6.07, 6.45) is 0.580. The van der Waals surface area contributed by atoms with Gasteiger partial charge in [-0.25, -0.2) is 4.79 Å². The topological polar surface area (TPSA) is 107 Å². The molecule has 0 bridgehead atoms. The maximum atomic E-state index is 11.8. The highest BCUT2D eigenvalue weighted by Gasteiger charge is 2.30. The zero-order chi connectivity index (χ0) is 14.7. The fourth-order valence-electron chi connectivity index (χ4n) is 2.02. The molecule has 1 atom stereocenters. The van der Waals surface area contributed by atoms with Crippen molar-refractivity contribution in [2.45, 2.75) is 26.3 Å². The monoisotopic (exact) mass is 279 g/mol. The number of hydrogen-bond donors (Lipinski definition) is 3. The summed E-state index contributed by atoms with van der Waals surface area (Å²) in [7, 11) is 0. The molecule has 1 fully saturated rings. The van der Waals surface area contributed by atoms with Crippen LogP contribution in [0.2, 0.25) is 0 Å². The van der Waals surface area contributed by atoms with Gasteiger partial charge in [-0.1, -0.05) is 0 Å². The Labute approximate surface area is 115 Å². The number of carbonyl (C=O) groups excluding carboxylic acids is 3. The lowest BCUT2D eigenvalue weighted by Gasteiger charge is -2.16. The van der Waals surface area contributed by atoms with E-state index in [0.29, 0.717) is 6.42 Å². The second-order valence-corrected chi connectivity index (χ2v) is 4.85. The third kappa shape index (κ3) is 3.34. The first kappa shape index (κ1) is 14.0. The summed E-state index contributed by atoms with van der Waals surface area (Å²) in [6.45, 7) is 3.44. The number of aryl methyl sites for hydroxylation is 1. The molecule has 0 saturated carbocycles. The molecular weight excluding hydrogens is 262 g/mol. The van der Waals surface area contributed by atoms with Crippen LogP contribution >= 0.6 is 0 Å². The van der Waals surface area contributed by atoms with Crippen molar-refractivity contribution in [3.8, 4) is 0 Å². The van der Waals surface area contributed by atoms with Crippen molar-refractivity contribution >= 4 is 17.8 Å². The van der Waals surface area contributed by atoms with Crippen molar-refractivity contribution in [2.75, 3.05) is 13.1 Å². The molecule has 0 aromatic carbocycles. The quantitative estimate of drug-likeness (QED) is 0.620. The lowest BCUT2D eigenvalue weighted by atomic mass is 10.2. The van der Waals surface area contributed by atoms with E-state index < -0.39 is 6.03 Å². The average Bonchev–Trinajstić information content (AvgIpc) is 2.89. The van der Waals surface area contributed by atoms with Crippen molar-refractivity contribution in [3.63, 3.8) is 0 Å². The molecule has 1 aliphatic rings. The number of nitrogens with zero attached hydrogens (tertiary/aromatic N) is 2. The van der Waals surface area contributed by atoms with Crippen molar-refractivity contribution in [1.29, 1.82) is 0 Å². The van der Waals surface area contributed by atoms with Crippen LogP contribution in [0.5, 0.6) is 0 Å². The van der Waals surface area contributed by atoms with E-state index in [4.69, 9.17) is 0 Å². The molecule has 0 aliphatic carbocycles. The van der Waals surface area contributed by atoms with Gasteiger partial charge in [0.25, 0.3) is 5.91 Å². The summed E-state index contributed by atoms with van der Waals surface area (Å²) < 4.78 is 0. The molecule has 108 valence electrons. The number of aromatic amines is 1. The highest BCUT2D eigenvalue weighted by atomic mass is 16.2. The van der Waals surface area contributed by atoms with Gasteiger partial charge < -0.3 is 10.6 Å². The molecule has 8 nitrogen and oxygen atoms in total. The Morgan fingerprint density at radius 3 is 2.85 bits per heavy atom. The maximum absolute atomic E-state index is 11.8. The van der Waals surface area contributed by atoms with Crippen molar-refractivity contribution in [1.82, 2.24) is 25.7 Å². The number of urea groups is 1. The number of carbonyl (C=O) groups is 3. The fourth-order valence-corrected chi connectivity index (χ4v) is 2.02. The number of imide groups is 1. The molecular formula is C12H17N5O3. The molecule has 2 rings (SSSR count). The van der Waals surface area contributed by atoms with Crippen LogP contribution in [0.4, 0.5) is 4.79 Å². The molecule has 1 saturated heterocycles. The molecule has 1 aromatic heterocycles. The van der Waals surface area contributed by atoms with Gasteiger partial charge in [-0.15, -0.1) is 0 Å². The van der Waals surface area contributed by atoms with E-state index in [2.05, 4.69) is 20.8 Å². The third-order valence-corrected chi connectivity index (χ3v) is 2.92. The third-order valence-electron chi connectivity index (χ3n) is 2.92. The molecule has 1 aromatic rings. The lowest BCUT2D eigenvalue weighted by molar-refractivity contribution is -0.130. The molecule has 2 heterocycles. The van der Waals surface area contributed by atoms with Crippen molar-refractivity contribution < 1.29 is 14.4 Å². The summed E-state index contributed by atoms with van der Waals surface area (Å²) in [6, 6.07) is 1.24. The first-order valence-electron chi connectivity index (χ1n) is 6.34. The fraction of sp³-hybridized carbons (Fsp3) is 0.500. The Balaban J connectivity index is 1.82. The van der Waals surface area contributed by atoms with Crippen LogP contribution in [0.3, 0.4) is 0 Å². The standard InChI is InChI=1S/C12H17N5O3/c1-7(3-9-4-8(2)15-16-9)14-10(18)6-17-11(19)5-13-12(17)20/h4,7H,3,5-6H2,1-2H3,(H,13,20)(H,14,18)(H,15,16). The first-order chi connectivity index (χ1) is 9.45. The summed E-state index contributed by atoms with van der Waals surface area (Å²) >= 11 is 0. The van der Waals surface area contributed by atoms with Gasteiger partial charge in [-0.05, 0) is 19.9 Å². The van der Waals surface area contributed by atoms with Gasteiger partial charge in [0, 0.05) is 18.2 Å². The second-order valence-electron chi connectivity index (χ2n) is 4.85. The van der Waals surface area contributed by atoms with Gasteiger partial charge in [-0.2, -0.15) is 5.10 Å². The van der Waals surface area contributed by atoms with Crippen LogP contribution in [0, 0.1) is 6.92 Å². The summed E-state index contributed by atoms with van der Waals surface area (Å²) in [5, 5.41) is 12.0. The zero-order valence-electron chi connectivity index (χ0n) is 11.4. The maximum Gasteiger partial charge on any atom is 0.325 e. The minimum atomic E-state index is -0.527. The lowest BCUT2D eigenvalue weighted by Crippen LogP contribution is -2.44. The van der Waals surface area contributed by atoms with Gasteiger partial charge in [-0.3, -0.25) is 19.6 Å².